The number of carbonyl (C=O) groups is 3. The van der Waals surface area contributed by atoms with Crippen LogP contribution in [0.3, 0.4) is 0 Å². The Hall–Kier alpha value is -3.33. The summed E-state index contributed by atoms with van der Waals surface area (Å²) in [6.45, 7) is 4.96. The van der Waals surface area contributed by atoms with Crippen LogP contribution in [0.25, 0.3) is 6.08 Å². The van der Waals surface area contributed by atoms with Gasteiger partial charge in [-0.3, -0.25) is 20.2 Å². The summed E-state index contributed by atoms with van der Waals surface area (Å²) in [5.74, 6) is 0.600. The first kappa shape index (κ1) is 24.3. The van der Waals surface area contributed by atoms with Gasteiger partial charge in [-0.15, -0.1) is 0 Å². The van der Waals surface area contributed by atoms with Crippen LogP contribution >= 0.6 is 15.9 Å². The number of nitrogens with one attached hydrogen (secondary N) is 2. The molecular formula is C24H25BrN2O6. The molecule has 9 heteroatoms. The molecule has 1 heterocycles. The Bertz CT molecular complexity index is 1060. The van der Waals surface area contributed by atoms with Crippen molar-refractivity contribution >= 4 is 39.9 Å². The standard InChI is InChI=1S/C24H25BrN2O6/c1-4-14(2)16-5-7-17(8-6-16)32-9-10-33-21-19(25)12-15(13-20(21)31-3)11-18-22(28)26-24(30)27-23(18)29/h5-8,11-14H,4,9-10H2,1-3H3,(H2,26,27,28,29,30)/t14-/m0/s1. The van der Waals surface area contributed by atoms with Crippen LogP contribution < -0.4 is 24.8 Å². The van der Waals surface area contributed by atoms with E-state index in [-0.39, 0.29) is 12.2 Å². The zero-order chi connectivity index (χ0) is 24.0. The minimum atomic E-state index is -0.849. The predicted molar refractivity (Wildman–Crippen MR) is 126 cm³/mol. The molecule has 0 bridgehead atoms. The predicted octanol–water partition coefficient (Wildman–Crippen LogP) is 4.18. The molecule has 0 saturated carbocycles. The summed E-state index contributed by atoms with van der Waals surface area (Å²) in [4.78, 5) is 35.1. The van der Waals surface area contributed by atoms with Gasteiger partial charge < -0.3 is 14.2 Å². The van der Waals surface area contributed by atoms with Crippen molar-refractivity contribution in [1.29, 1.82) is 0 Å². The van der Waals surface area contributed by atoms with E-state index in [1.165, 1.54) is 18.7 Å². The Kier molecular flexibility index (Phi) is 8.11. The van der Waals surface area contributed by atoms with Crippen molar-refractivity contribution in [2.75, 3.05) is 20.3 Å². The third-order valence-electron chi connectivity index (χ3n) is 5.17. The molecule has 8 nitrogen and oxygen atoms in total. The highest BCUT2D eigenvalue weighted by molar-refractivity contribution is 9.10. The molecule has 174 valence electrons. The Balaban J connectivity index is 1.64. The van der Waals surface area contributed by atoms with Gasteiger partial charge in [0.2, 0.25) is 0 Å². The average molecular weight is 517 g/mol. The number of hydrogen-bond acceptors (Lipinski definition) is 6. The molecule has 1 aliphatic rings. The summed E-state index contributed by atoms with van der Waals surface area (Å²) in [5, 5.41) is 4.07. The quantitative estimate of drug-likeness (QED) is 0.294. The largest absolute Gasteiger partial charge is 0.493 e. The van der Waals surface area contributed by atoms with E-state index in [1.807, 2.05) is 22.8 Å². The molecule has 2 aromatic rings. The van der Waals surface area contributed by atoms with Crippen LogP contribution in [0, 0.1) is 0 Å². The molecule has 0 unspecified atom stereocenters. The number of barbiturate groups is 1. The maximum atomic E-state index is 11.9. The third-order valence-corrected chi connectivity index (χ3v) is 5.76. The van der Waals surface area contributed by atoms with E-state index in [0.717, 1.165) is 12.2 Å². The van der Waals surface area contributed by atoms with E-state index < -0.39 is 17.8 Å². The second-order valence-corrected chi connectivity index (χ2v) is 8.26. The zero-order valence-electron chi connectivity index (χ0n) is 18.6. The molecule has 0 aliphatic carbocycles. The molecule has 2 N–H and O–H groups in total. The van der Waals surface area contributed by atoms with Crippen LogP contribution in [0.2, 0.25) is 0 Å². The van der Waals surface area contributed by atoms with Crippen molar-refractivity contribution in [3.05, 3.63) is 57.6 Å². The minimum Gasteiger partial charge on any atom is -0.493 e. The number of halogens is 1. The number of carbonyl (C=O) groups excluding carboxylic acids is 3. The Morgan fingerprint density at radius 2 is 1.64 bits per heavy atom. The molecule has 1 atom stereocenters. The molecule has 0 spiro atoms. The summed E-state index contributed by atoms with van der Waals surface area (Å²) in [6, 6.07) is 10.5. The topological polar surface area (TPSA) is 103 Å². The van der Waals surface area contributed by atoms with Gasteiger partial charge in [-0.2, -0.15) is 0 Å². The van der Waals surface area contributed by atoms with E-state index in [1.54, 1.807) is 12.1 Å². The van der Waals surface area contributed by atoms with Crippen LogP contribution in [-0.4, -0.2) is 38.2 Å². The van der Waals surface area contributed by atoms with E-state index in [2.05, 4.69) is 41.9 Å². The van der Waals surface area contributed by atoms with Crippen molar-refractivity contribution in [1.82, 2.24) is 10.6 Å². The molecule has 2 aromatic carbocycles. The lowest BCUT2D eigenvalue weighted by molar-refractivity contribution is -0.123. The summed E-state index contributed by atoms with van der Waals surface area (Å²) in [7, 11) is 1.49. The summed E-state index contributed by atoms with van der Waals surface area (Å²) in [6.07, 6.45) is 2.45. The zero-order valence-corrected chi connectivity index (χ0v) is 20.2. The van der Waals surface area contributed by atoms with Crippen molar-refractivity contribution in [3.63, 3.8) is 0 Å². The van der Waals surface area contributed by atoms with Gasteiger partial charge in [-0.1, -0.05) is 26.0 Å². The monoisotopic (exact) mass is 516 g/mol. The van der Waals surface area contributed by atoms with Crippen LogP contribution in [0.5, 0.6) is 17.2 Å². The van der Waals surface area contributed by atoms with Gasteiger partial charge >= 0.3 is 6.03 Å². The Morgan fingerprint density at radius 1 is 1.00 bits per heavy atom. The molecule has 3 rings (SSSR count). The number of hydrogen-bond donors (Lipinski definition) is 2. The van der Waals surface area contributed by atoms with E-state index in [0.29, 0.717) is 34.1 Å². The number of imide groups is 2. The van der Waals surface area contributed by atoms with Gasteiger partial charge in [-0.05, 0) is 69.7 Å². The highest BCUT2D eigenvalue weighted by Crippen LogP contribution is 2.37. The fraction of sp³-hybridized carbons (Fsp3) is 0.292. The SMILES string of the molecule is CC[C@H](C)c1ccc(OCCOc2c(Br)cc(C=C3C(=O)NC(=O)NC3=O)cc2OC)cc1. The first-order valence-electron chi connectivity index (χ1n) is 10.4. The van der Waals surface area contributed by atoms with Gasteiger partial charge in [0.1, 0.15) is 24.5 Å². The van der Waals surface area contributed by atoms with E-state index in [9.17, 15) is 14.4 Å². The smallest absolute Gasteiger partial charge is 0.328 e. The number of ether oxygens (including phenoxy) is 3. The van der Waals surface area contributed by atoms with Crippen LogP contribution in [0.1, 0.15) is 37.3 Å². The number of benzene rings is 2. The van der Waals surface area contributed by atoms with Crippen LogP contribution in [0.4, 0.5) is 4.79 Å². The number of urea groups is 1. The van der Waals surface area contributed by atoms with Crippen LogP contribution in [-0.2, 0) is 9.59 Å². The highest BCUT2D eigenvalue weighted by atomic mass is 79.9. The molecule has 0 radical (unpaired) electrons. The summed E-state index contributed by atoms with van der Waals surface area (Å²) < 4.78 is 17.6. The first-order valence-corrected chi connectivity index (χ1v) is 11.2. The van der Waals surface area contributed by atoms with Crippen molar-refractivity contribution in [3.8, 4) is 17.2 Å². The van der Waals surface area contributed by atoms with Crippen LogP contribution in [0.15, 0.2) is 46.4 Å². The molecule has 4 amide bonds. The number of methoxy groups -OCH3 is 1. The maximum absolute atomic E-state index is 11.9. The normalized spacial score (nSPS) is 14.3. The van der Waals surface area contributed by atoms with Gasteiger partial charge in [-0.25, -0.2) is 4.79 Å². The highest BCUT2D eigenvalue weighted by Gasteiger charge is 2.27. The lowest BCUT2D eigenvalue weighted by atomic mass is 9.99. The van der Waals surface area contributed by atoms with Gasteiger partial charge in [0.15, 0.2) is 11.5 Å². The third kappa shape index (κ3) is 6.13. The average Bonchev–Trinajstić information content (AvgIpc) is 2.79. The van der Waals surface area contributed by atoms with E-state index >= 15 is 0 Å². The van der Waals surface area contributed by atoms with Gasteiger partial charge in [0.25, 0.3) is 11.8 Å². The minimum absolute atomic E-state index is 0.190. The Morgan fingerprint density at radius 3 is 2.24 bits per heavy atom. The molecule has 33 heavy (non-hydrogen) atoms. The molecule has 1 fully saturated rings. The summed E-state index contributed by atoms with van der Waals surface area (Å²) in [5.41, 5.74) is 1.60. The van der Waals surface area contributed by atoms with Gasteiger partial charge in [0.05, 0.1) is 11.6 Å². The van der Waals surface area contributed by atoms with Crippen molar-refractivity contribution in [2.45, 2.75) is 26.2 Å². The lowest BCUT2D eigenvalue weighted by Crippen LogP contribution is -2.51. The number of amides is 4. The van der Waals surface area contributed by atoms with Gasteiger partial charge in [0, 0.05) is 0 Å². The fourth-order valence-electron chi connectivity index (χ4n) is 3.17. The second-order valence-electron chi connectivity index (χ2n) is 7.40. The van der Waals surface area contributed by atoms with Crippen molar-refractivity contribution < 1.29 is 28.6 Å². The van der Waals surface area contributed by atoms with Crippen molar-refractivity contribution in [2.24, 2.45) is 0 Å². The molecule has 1 aliphatic heterocycles. The maximum Gasteiger partial charge on any atom is 0.328 e. The molecule has 0 aromatic heterocycles. The second kappa shape index (κ2) is 11.0. The Labute approximate surface area is 200 Å². The fourth-order valence-corrected chi connectivity index (χ4v) is 3.74. The number of rotatable bonds is 9. The first-order chi connectivity index (χ1) is 15.8. The lowest BCUT2D eigenvalue weighted by Gasteiger charge is -2.16. The van der Waals surface area contributed by atoms with E-state index in [4.69, 9.17) is 14.2 Å². The molecular weight excluding hydrogens is 492 g/mol. The molecule has 1 saturated heterocycles. The summed E-state index contributed by atoms with van der Waals surface area (Å²) >= 11 is 3.44.